The van der Waals surface area contributed by atoms with Crippen molar-refractivity contribution in [2.45, 2.75) is 19.9 Å². The van der Waals surface area contributed by atoms with Crippen LogP contribution in [0.3, 0.4) is 0 Å². The largest absolute Gasteiger partial charge is 0.351 e. The highest BCUT2D eigenvalue weighted by atomic mass is 35.5. The Kier molecular flexibility index (Phi) is 5.40. The van der Waals surface area contributed by atoms with E-state index in [-0.39, 0.29) is 5.91 Å². The number of benzene rings is 1. The van der Waals surface area contributed by atoms with Crippen molar-refractivity contribution in [1.29, 1.82) is 0 Å². The van der Waals surface area contributed by atoms with Crippen LogP contribution in [0.15, 0.2) is 36.5 Å². The first-order chi connectivity index (χ1) is 12.0. The average Bonchev–Trinajstić information content (AvgIpc) is 3.21. The minimum Gasteiger partial charge on any atom is -0.351 e. The molecule has 0 bridgehead atoms. The van der Waals surface area contributed by atoms with Crippen molar-refractivity contribution in [3.05, 3.63) is 58.0 Å². The van der Waals surface area contributed by atoms with Crippen molar-refractivity contribution in [3.63, 3.8) is 0 Å². The number of carbonyl (C=O) groups excluding carboxylic acids is 1. The Bertz CT molecular complexity index is 887. The van der Waals surface area contributed by atoms with Crippen molar-refractivity contribution in [2.24, 2.45) is 0 Å². The van der Waals surface area contributed by atoms with Gasteiger partial charge in [0.1, 0.15) is 5.69 Å². The summed E-state index contributed by atoms with van der Waals surface area (Å²) in [7, 11) is 0. The topological polar surface area (TPSA) is 75.6 Å². The van der Waals surface area contributed by atoms with Crippen LogP contribution >= 0.6 is 23.2 Å². The predicted molar refractivity (Wildman–Crippen MR) is 98.0 cm³/mol. The van der Waals surface area contributed by atoms with Crippen LogP contribution in [0.4, 0.5) is 0 Å². The van der Waals surface area contributed by atoms with E-state index in [2.05, 4.69) is 20.6 Å². The predicted octanol–water partition coefficient (Wildman–Crippen LogP) is 3.71. The molecule has 0 aliphatic carbocycles. The Hall–Kier alpha value is -2.31. The van der Waals surface area contributed by atoms with Gasteiger partial charge < -0.3 is 5.32 Å². The van der Waals surface area contributed by atoms with E-state index in [1.165, 1.54) is 0 Å². The zero-order valence-electron chi connectivity index (χ0n) is 13.6. The van der Waals surface area contributed by atoms with Gasteiger partial charge in [-0.15, -0.1) is 0 Å². The summed E-state index contributed by atoms with van der Waals surface area (Å²) in [6.07, 6.45) is 2.56. The standard InChI is InChI=1S/C17H17Cl2N5O/c1-11-5-7-21-24(11)8-2-6-20-17(25)16-10-15(22-23-16)13-4-3-12(18)9-14(13)19/h3-5,7,9-10H,2,6,8H2,1H3,(H,20,25)(H,22,23). The van der Waals surface area contributed by atoms with Crippen LogP contribution in [-0.2, 0) is 6.54 Å². The summed E-state index contributed by atoms with van der Waals surface area (Å²) < 4.78 is 1.91. The molecule has 1 aromatic carbocycles. The number of aryl methyl sites for hydroxylation is 2. The first kappa shape index (κ1) is 17.5. The molecule has 130 valence electrons. The maximum atomic E-state index is 12.2. The van der Waals surface area contributed by atoms with Crippen molar-refractivity contribution in [1.82, 2.24) is 25.3 Å². The second-order valence-electron chi connectivity index (χ2n) is 5.60. The van der Waals surface area contributed by atoms with Gasteiger partial charge in [-0.1, -0.05) is 23.2 Å². The number of nitrogens with one attached hydrogen (secondary N) is 2. The lowest BCUT2D eigenvalue weighted by molar-refractivity contribution is 0.0947. The third-order valence-corrected chi connectivity index (χ3v) is 4.34. The van der Waals surface area contributed by atoms with E-state index in [9.17, 15) is 4.79 Å². The Morgan fingerprint density at radius 3 is 2.84 bits per heavy atom. The first-order valence-corrected chi connectivity index (χ1v) is 8.57. The number of rotatable bonds is 6. The van der Waals surface area contributed by atoms with Gasteiger partial charge in [-0.3, -0.25) is 14.6 Å². The molecule has 8 heteroatoms. The number of hydrogen-bond donors (Lipinski definition) is 2. The minimum atomic E-state index is -0.207. The number of hydrogen-bond acceptors (Lipinski definition) is 3. The molecule has 1 amide bonds. The summed E-state index contributed by atoms with van der Waals surface area (Å²) in [5, 5.41) is 15.0. The number of aromatic amines is 1. The second kappa shape index (κ2) is 7.72. The van der Waals surface area contributed by atoms with Gasteiger partial charge in [0.05, 0.1) is 10.7 Å². The molecule has 0 atom stereocenters. The lowest BCUT2D eigenvalue weighted by Gasteiger charge is -2.05. The molecular formula is C17H17Cl2N5O. The molecule has 25 heavy (non-hydrogen) atoms. The fourth-order valence-corrected chi connectivity index (χ4v) is 2.94. The third-order valence-electron chi connectivity index (χ3n) is 3.79. The van der Waals surface area contributed by atoms with Gasteiger partial charge in [-0.2, -0.15) is 10.2 Å². The quantitative estimate of drug-likeness (QED) is 0.642. The molecule has 0 spiro atoms. The Morgan fingerprint density at radius 2 is 2.12 bits per heavy atom. The maximum Gasteiger partial charge on any atom is 0.269 e. The Morgan fingerprint density at radius 1 is 1.28 bits per heavy atom. The van der Waals surface area contributed by atoms with Gasteiger partial charge in [0, 0.05) is 35.6 Å². The molecule has 0 saturated heterocycles. The summed E-state index contributed by atoms with van der Waals surface area (Å²) in [5.74, 6) is -0.207. The van der Waals surface area contributed by atoms with Crippen LogP contribution in [0.5, 0.6) is 0 Å². The number of H-pyrrole nitrogens is 1. The molecule has 2 N–H and O–H groups in total. The monoisotopic (exact) mass is 377 g/mol. The molecule has 0 radical (unpaired) electrons. The number of aromatic nitrogens is 4. The number of amides is 1. The Labute approximate surface area is 155 Å². The first-order valence-electron chi connectivity index (χ1n) is 7.82. The molecule has 3 aromatic rings. The summed E-state index contributed by atoms with van der Waals surface area (Å²) in [6, 6.07) is 8.77. The molecule has 0 aliphatic rings. The fraction of sp³-hybridized carbons (Fsp3) is 0.235. The van der Waals surface area contributed by atoms with Crippen LogP contribution in [0.25, 0.3) is 11.3 Å². The summed E-state index contributed by atoms with van der Waals surface area (Å²) >= 11 is 12.1. The zero-order chi connectivity index (χ0) is 17.8. The van der Waals surface area contributed by atoms with Crippen molar-refractivity contribution in [2.75, 3.05) is 6.54 Å². The molecule has 0 fully saturated rings. The molecular weight excluding hydrogens is 361 g/mol. The summed E-state index contributed by atoms with van der Waals surface area (Å²) in [4.78, 5) is 12.2. The van der Waals surface area contributed by atoms with Crippen molar-refractivity contribution in [3.8, 4) is 11.3 Å². The lowest BCUT2D eigenvalue weighted by atomic mass is 10.1. The minimum absolute atomic E-state index is 0.207. The molecule has 0 unspecified atom stereocenters. The summed E-state index contributed by atoms with van der Waals surface area (Å²) in [5.41, 5.74) is 2.80. The highest BCUT2D eigenvalue weighted by Crippen LogP contribution is 2.29. The maximum absolute atomic E-state index is 12.2. The van der Waals surface area contributed by atoms with Gasteiger partial charge in [0.15, 0.2) is 0 Å². The van der Waals surface area contributed by atoms with E-state index in [1.807, 2.05) is 17.7 Å². The Balaban J connectivity index is 1.56. The van der Waals surface area contributed by atoms with Crippen LogP contribution in [-0.4, -0.2) is 32.4 Å². The van der Waals surface area contributed by atoms with E-state index in [0.29, 0.717) is 28.0 Å². The molecule has 6 nitrogen and oxygen atoms in total. The molecule has 2 aromatic heterocycles. The number of carbonyl (C=O) groups is 1. The van der Waals surface area contributed by atoms with E-state index in [4.69, 9.17) is 23.2 Å². The van der Waals surface area contributed by atoms with E-state index in [0.717, 1.165) is 24.2 Å². The van der Waals surface area contributed by atoms with Gasteiger partial charge in [0.2, 0.25) is 0 Å². The third kappa shape index (κ3) is 4.21. The molecule has 0 saturated carbocycles. The fourth-order valence-electron chi connectivity index (χ4n) is 2.43. The molecule has 0 aliphatic heterocycles. The van der Waals surface area contributed by atoms with Crippen molar-refractivity contribution < 1.29 is 4.79 Å². The normalized spacial score (nSPS) is 10.8. The number of nitrogens with zero attached hydrogens (tertiary/aromatic N) is 3. The molecule has 2 heterocycles. The van der Waals surface area contributed by atoms with E-state index < -0.39 is 0 Å². The van der Waals surface area contributed by atoms with Gasteiger partial charge in [-0.05, 0) is 43.7 Å². The van der Waals surface area contributed by atoms with Crippen LogP contribution in [0.2, 0.25) is 10.0 Å². The van der Waals surface area contributed by atoms with Gasteiger partial charge in [0.25, 0.3) is 5.91 Å². The highest BCUT2D eigenvalue weighted by Gasteiger charge is 2.13. The second-order valence-corrected chi connectivity index (χ2v) is 6.44. The zero-order valence-corrected chi connectivity index (χ0v) is 15.1. The van der Waals surface area contributed by atoms with E-state index in [1.54, 1.807) is 30.5 Å². The van der Waals surface area contributed by atoms with Crippen LogP contribution in [0, 0.1) is 6.92 Å². The summed E-state index contributed by atoms with van der Waals surface area (Å²) in [6.45, 7) is 3.31. The van der Waals surface area contributed by atoms with Gasteiger partial charge >= 0.3 is 0 Å². The SMILES string of the molecule is Cc1ccnn1CCCNC(=O)c1cc(-c2ccc(Cl)cc2Cl)n[nH]1. The smallest absolute Gasteiger partial charge is 0.269 e. The van der Waals surface area contributed by atoms with Crippen LogP contribution in [0.1, 0.15) is 22.6 Å². The highest BCUT2D eigenvalue weighted by molar-refractivity contribution is 6.36. The number of halogens is 2. The van der Waals surface area contributed by atoms with Gasteiger partial charge in [-0.25, -0.2) is 0 Å². The van der Waals surface area contributed by atoms with E-state index >= 15 is 0 Å². The van der Waals surface area contributed by atoms with Crippen LogP contribution < -0.4 is 5.32 Å². The average molecular weight is 378 g/mol. The lowest BCUT2D eigenvalue weighted by Crippen LogP contribution is -2.25. The molecule has 3 rings (SSSR count). The van der Waals surface area contributed by atoms with Crippen molar-refractivity contribution >= 4 is 29.1 Å².